The normalized spacial score (nSPS) is 17.0. The average Bonchev–Trinajstić information content (AvgIpc) is 3.09. The first-order valence-electron chi connectivity index (χ1n) is 8.01. The molecule has 1 amide bonds. The van der Waals surface area contributed by atoms with Gasteiger partial charge in [-0.25, -0.2) is 0 Å². The number of β-amino-alcohol motifs (C(OH)–C–C–N with tert-alkyl or cyclic N) is 1. The zero-order chi connectivity index (χ0) is 17.1. The van der Waals surface area contributed by atoms with Crippen molar-refractivity contribution in [1.29, 1.82) is 0 Å². The Bertz CT molecular complexity index is 747. The van der Waals surface area contributed by atoms with E-state index < -0.39 is 0 Å². The smallest absolute Gasteiger partial charge is 0.261 e. The highest BCUT2D eigenvalue weighted by Gasteiger charge is 2.24. The van der Waals surface area contributed by atoms with Crippen LogP contribution in [0.4, 0.5) is 0 Å². The molecule has 3 rings (SSSR count). The Hall–Kier alpha value is -1.96. The molecule has 128 valence electrons. The van der Waals surface area contributed by atoms with Gasteiger partial charge in [-0.15, -0.1) is 11.3 Å². The zero-order valence-electron chi connectivity index (χ0n) is 13.6. The molecular formula is C17H21N3O3S. The van der Waals surface area contributed by atoms with Crippen LogP contribution < -0.4 is 5.56 Å². The van der Waals surface area contributed by atoms with Crippen LogP contribution in [-0.4, -0.2) is 64.6 Å². The molecule has 0 unspecified atom stereocenters. The minimum Gasteiger partial charge on any atom is -0.392 e. The van der Waals surface area contributed by atoms with Crippen LogP contribution in [0.5, 0.6) is 0 Å². The lowest BCUT2D eigenvalue weighted by Crippen LogP contribution is -2.50. The number of pyridine rings is 1. The largest absolute Gasteiger partial charge is 0.392 e. The third-order valence-corrected chi connectivity index (χ3v) is 5.01. The summed E-state index contributed by atoms with van der Waals surface area (Å²) in [5.74, 6) is -0.231. The number of carbonyl (C=O) groups excluding carboxylic acids is 1. The molecule has 2 N–H and O–H groups in total. The van der Waals surface area contributed by atoms with Gasteiger partial charge in [0.1, 0.15) is 5.56 Å². The fourth-order valence-electron chi connectivity index (χ4n) is 2.90. The van der Waals surface area contributed by atoms with Gasteiger partial charge in [0.2, 0.25) is 0 Å². The highest BCUT2D eigenvalue weighted by Crippen LogP contribution is 2.21. The Morgan fingerprint density at radius 3 is 2.62 bits per heavy atom. The lowest BCUT2D eigenvalue weighted by atomic mass is 10.2. The van der Waals surface area contributed by atoms with Crippen LogP contribution in [0.1, 0.15) is 17.3 Å². The average molecular weight is 347 g/mol. The van der Waals surface area contributed by atoms with Crippen LogP contribution in [0, 0.1) is 0 Å². The summed E-state index contributed by atoms with van der Waals surface area (Å²) >= 11 is 1.54. The lowest BCUT2D eigenvalue weighted by Gasteiger charge is -2.35. The molecule has 2 aromatic heterocycles. The molecule has 1 atom stereocenters. The molecular weight excluding hydrogens is 326 g/mol. The summed E-state index contributed by atoms with van der Waals surface area (Å²) in [5.41, 5.74) is 0.560. The summed E-state index contributed by atoms with van der Waals surface area (Å²) in [6, 6.07) is 7.24. The standard InChI is InChI=1S/C17H21N3O3S/c1-12(21)11-19-6-8-20(9-7-19)17(23)13-4-5-14(18-16(13)22)15-3-2-10-24-15/h2-5,10,12,21H,6-9,11H2,1H3,(H,18,22)/t12-/m1/s1. The van der Waals surface area contributed by atoms with Gasteiger partial charge in [0.05, 0.1) is 16.7 Å². The van der Waals surface area contributed by atoms with E-state index in [4.69, 9.17) is 0 Å². The Morgan fingerprint density at radius 2 is 2.04 bits per heavy atom. The second-order valence-corrected chi connectivity index (χ2v) is 6.98. The number of hydrogen-bond acceptors (Lipinski definition) is 5. The van der Waals surface area contributed by atoms with Crippen LogP contribution in [0.15, 0.2) is 34.4 Å². The quantitative estimate of drug-likeness (QED) is 0.872. The van der Waals surface area contributed by atoms with Crippen molar-refractivity contribution in [3.05, 3.63) is 45.6 Å². The third-order valence-electron chi connectivity index (χ3n) is 4.11. The fourth-order valence-corrected chi connectivity index (χ4v) is 3.60. The molecule has 6 nitrogen and oxygen atoms in total. The number of aromatic amines is 1. The zero-order valence-corrected chi connectivity index (χ0v) is 14.4. The molecule has 1 saturated heterocycles. The number of aliphatic hydroxyl groups is 1. The first-order valence-corrected chi connectivity index (χ1v) is 8.89. The molecule has 0 saturated carbocycles. The maximum atomic E-state index is 12.6. The molecule has 1 aliphatic heterocycles. The Morgan fingerprint density at radius 1 is 1.29 bits per heavy atom. The van der Waals surface area contributed by atoms with Crippen molar-refractivity contribution >= 4 is 17.2 Å². The molecule has 0 bridgehead atoms. The molecule has 0 radical (unpaired) electrons. The van der Waals surface area contributed by atoms with E-state index in [0.29, 0.717) is 32.7 Å². The third kappa shape index (κ3) is 3.75. The summed E-state index contributed by atoms with van der Waals surface area (Å²) in [7, 11) is 0. The highest BCUT2D eigenvalue weighted by atomic mass is 32.1. The number of hydrogen-bond donors (Lipinski definition) is 2. The van der Waals surface area contributed by atoms with Gasteiger partial charge in [0.25, 0.3) is 11.5 Å². The predicted octanol–water partition coefficient (Wildman–Crippen LogP) is 1.24. The second kappa shape index (κ2) is 7.29. The fraction of sp³-hybridized carbons (Fsp3) is 0.412. The van der Waals surface area contributed by atoms with Gasteiger partial charge >= 0.3 is 0 Å². The number of rotatable bonds is 4. The van der Waals surface area contributed by atoms with Gasteiger partial charge in [-0.1, -0.05) is 6.07 Å². The van der Waals surface area contributed by atoms with E-state index in [0.717, 1.165) is 10.6 Å². The minimum atomic E-state index is -0.375. The summed E-state index contributed by atoms with van der Waals surface area (Å²) in [6.45, 7) is 4.92. The van der Waals surface area contributed by atoms with E-state index in [1.54, 1.807) is 35.3 Å². The number of thiophene rings is 1. The van der Waals surface area contributed by atoms with Crippen molar-refractivity contribution in [2.24, 2.45) is 0 Å². The topological polar surface area (TPSA) is 76.6 Å². The van der Waals surface area contributed by atoms with E-state index in [9.17, 15) is 14.7 Å². The molecule has 0 aliphatic carbocycles. The van der Waals surface area contributed by atoms with E-state index >= 15 is 0 Å². The van der Waals surface area contributed by atoms with E-state index in [1.807, 2.05) is 17.5 Å². The number of aliphatic hydroxyl groups excluding tert-OH is 1. The first kappa shape index (κ1) is 16.9. The number of carbonyl (C=O) groups is 1. The number of H-pyrrole nitrogens is 1. The predicted molar refractivity (Wildman–Crippen MR) is 94.4 cm³/mol. The van der Waals surface area contributed by atoms with E-state index in [-0.39, 0.29) is 23.1 Å². The van der Waals surface area contributed by atoms with Crippen molar-refractivity contribution < 1.29 is 9.90 Å². The van der Waals surface area contributed by atoms with Gasteiger partial charge in [-0.05, 0) is 30.5 Å². The van der Waals surface area contributed by atoms with Crippen LogP contribution in [0.2, 0.25) is 0 Å². The molecule has 1 fully saturated rings. The molecule has 7 heteroatoms. The Labute approximate surface area is 144 Å². The van der Waals surface area contributed by atoms with Gasteiger partial charge in [-0.3, -0.25) is 14.5 Å². The number of piperazine rings is 1. The summed E-state index contributed by atoms with van der Waals surface area (Å²) < 4.78 is 0. The van der Waals surface area contributed by atoms with Crippen molar-refractivity contribution in [3.8, 4) is 10.6 Å². The van der Waals surface area contributed by atoms with Gasteiger partial charge in [-0.2, -0.15) is 0 Å². The number of nitrogens with zero attached hydrogens (tertiary/aromatic N) is 2. The van der Waals surface area contributed by atoms with Crippen LogP contribution >= 0.6 is 11.3 Å². The molecule has 1 aliphatic rings. The molecule has 2 aromatic rings. The SMILES string of the molecule is C[C@@H](O)CN1CCN(C(=O)c2ccc(-c3cccs3)[nH]c2=O)CC1. The molecule has 3 heterocycles. The van der Waals surface area contributed by atoms with E-state index in [1.165, 1.54) is 0 Å². The number of aromatic nitrogens is 1. The Balaban J connectivity index is 1.69. The van der Waals surface area contributed by atoms with Crippen LogP contribution in [0.3, 0.4) is 0 Å². The van der Waals surface area contributed by atoms with Crippen molar-refractivity contribution in [2.45, 2.75) is 13.0 Å². The summed E-state index contributed by atoms with van der Waals surface area (Å²) in [4.78, 5) is 32.5. The van der Waals surface area contributed by atoms with Crippen molar-refractivity contribution in [2.75, 3.05) is 32.7 Å². The minimum absolute atomic E-state index is 0.180. The van der Waals surface area contributed by atoms with E-state index in [2.05, 4.69) is 9.88 Å². The maximum Gasteiger partial charge on any atom is 0.261 e. The second-order valence-electron chi connectivity index (χ2n) is 6.03. The number of amides is 1. The molecule has 0 aromatic carbocycles. The maximum absolute atomic E-state index is 12.6. The monoisotopic (exact) mass is 347 g/mol. The van der Waals surface area contributed by atoms with Gasteiger partial charge in [0, 0.05) is 32.7 Å². The summed E-state index contributed by atoms with van der Waals surface area (Å²) in [5, 5.41) is 11.4. The molecule has 0 spiro atoms. The van der Waals surface area contributed by atoms with Crippen molar-refractivity contribution in [1.82, 2.24) is 14.8 Å². The van der Waals surface area contributed by atoms with Crippen molar-refractivity contribution in [3.63, 3.8) is 0 Å². The Kier molecular flexibility index (Phi) is 5.13. The van der Waals surface area contributed by atoms with Gasteiger partial charge in [0.15, 0.2) is 0 Å². The highest BCUT2D eigenvalue weighted by molar-refractivity contribution is 7.13. The first-order chi connectivity index (χ1) is 11.5. The van der Waals surface area contributed by atoms with Crippen LogP contribution in [0.25, 0.3) is 10.6 Å². The lowest BCUT2D eigenvalue weighted by molar-refractivity contribution is 0.0552. The molecule has 24 heavy (non-hydrogen) atoms. The number of nitrogens with one attached hydrogen (secondary N) is 1. The van der Waals surface area contributed by atoms with Gasteiger partial charge < -0.3 is 15.0 Å². The summed E-state index contributed by atoms with van der Waals surface area (Å²) in [6.07, 6.45) is -0.375. The van der Waals surface area contributed by atoms with Crippen LogP contribution in [-0.2, 0) is 0 Å².